The summed E-state index contributed by atoms with van der Waals surface area (Å²) in [5.41, 5.74) is 6.77. The third-order valence-corrected chi connectivity index (χ3v) is 5.69. The molecule has 2 nitrogen and oxygen atoms in total. The predicted molar refractivity (Wildman–Crippen MR) is 100 cm³/mol. The third-order valence-electron chi connectivity index (χ3n) is 5.69. The fourth-order valence-corrected chi connectivity index (χ4v) is 4.50. The summed E-state index contributed by atoms with van der Waals surface area (Å²) in [5.74, 6) is 1.35. The molecule has 0 fully saturated rings. The highest BCUT2D eigenvalue weighted by atomic mass is 16.3. The van der Waals surface area contributed by atoms with Crippen molar-refractivity contribution in [2.45, 2.75) is 24.9 Å². The Morgan fingerprint density at radius 3 is 2.56 bits per heavy atom. The summed E-state index contributed by atoms with van der Waals surface area (Å²) < 4.78 is 5.79. The van der Waals surface area contributed by atoms with E-state index in [1.807, 2.05) is 6.07 Å². The van der Waals surface area contributed by atoms with Gasteiger partial charge >= 0.3 is 0 Å². The van der Waals surface area contributed by atoms with Crippen LogP contribution in [0.15, 0.2) is 77.9 Å². The molecule has 2 aliphatic heterocycles. The van der Waals surface area contributed by atoms with Gasteiger partial charge in [-0.3, -0.25) is 4.90 Å². The average molecular weight is 327 g/mol. The van der Waals surface area contributed by atoms with Crippen molar-refractivity contribution >= 4 is 5.57 Å². The van der Waals surface area contributed by atoms with Gasteiger partial charge in [-0.05, 0) is 46.4 Å². The summed E-state index contributed by atoms with van der Waals surface area (Å²) in [6, 6.07) is 22.0. The van der Waals surface area contributed by atoms with Crippen molar-refractivity contribution in [3.8, 4) is 0 Å². The van der Waals surface area contributed by atoms with Crippen molar-refractivity contribution < 1.29 is 4.42 Å². The molecule has 0 bridgehead atoms. The summed E-state index contributed by atoms with van der Waals surface area (Å²) in [5, 5.41) is 0. The van der Waals surface area contributed by atoms with Crippen LogP contribution in [0.5, 0.6) is 0 Å². The zero-order valence-electron chi connectivity index (χ0n) is 14.2. The molecule has 0 aliphatic carbocycles. The fraction of sp³-hybridized carbons (Fsp3) is 0.217. The molecule has 0 saturated heterocycles. The lowest BCUT2D eigenvalue weighted by atomic mass is 9.82. The molecule has 2 heteroatoms. The molecule has 25 heavy (non-hydrogen) atoms. The van der Waals surface area contributed by atoms with E-state index in [4.69, 9.17) is 4.42 Å². The summed E-state index contributed by atoms with van der Waals surface area (Å²) in [6.45, 7) is 6.35. The Kier molecular flexibility index (Phi) is 3.39. The number of hydrogen-bond donors (Lipinski definition) is 0. The first-order valence-electron chi connectivity index (χ1n) is 8.93. The molecule has 124 valence electrons. The minimum atomic E-state index is 0.293. The Morgan fingerprint density at radius 2 is 1.72 bits per heavy atom. The van der Waals surface area contributed by atoms with Gasteiger partial charge < -0.3 is 4.42 Å². The van der Waals surface area contributed by atoms with E-state index < -0.39 is 0 Å². The van der Waals surface area contributed by atoms with E-state index >= 15 is 0 Å². The molecule has 3 aromatic rings. The highest BCUT2D eigenvalue weighted by Crippen LogP contribution is 2.45. The molecular weight excluding hydrogens is 306 g/mol. The summed E-state index contributed by atoms with van der Waals surface area (Å²) in [6.07, 6.45) is 2.77. The lowest BCUT2D eigenvalue weighted by Gasteiger charge is -2.40. The van der Waals surface area contributed by atoms with Crippen molar-refractivity contribution in [3.63, 3.8) is 0 Å². The van der Waals surface area contributed by atoms with Crippen LogP contribution in [-0.4, -0.2) is 11.4 Å². The first kappa shape index (κ1) is 14.7. The standard InChI is InChI=1S/C23H21NO/c1-16-13-22-20-10-5-4-9-19(20)21(23-11-6-12-25-23)15-24(22)14-17-7-2-3-8-18(16)17/h2-12,21-22H,1,13-15H2/t21-,22+/m1/s1. The van der Waals surface area contributed by atoms with Gasteiger partial charge in [0.25, 0.3) is 0 Å². The Bertz CT molecular complexity index is 925. The van der Waals surface area contributed by atoms with Crippen LogP contribution in [0.3, 0.4) is 0 Å². The molecule has 0 amide bonds. The summed E-state index contributed by atoms with van der Waals surface area (Å²) >= 11 is 0. The number of rotatable bonds is 1. The lowest BCUT2D eigenvalue weighted by Crippen LogP contribution is -2.37. The first-order chi connectivity index (χ1) is 12.3. The first-order valence-corrected chi connectivity index (χ1v) is 8.93. The largest absolute Gasteiger partial charge is 0.469 e. The zero-order valence-corrected chi connectivity index (χ0v) is 14.2. The smallest absolute Gasteiger partial charge is 0.112 e. The second-order valence-corrected chi connectivity index (χ2v) is 7.11. The van der Waals surface area contributed by atoms with Crippen molar-refractivity contribution in [1.82, 2.24) is 4.90 Å². The second kappa shape index (κ2) is 5.75. The highest BCUT2D eigenvalue weighted by molar-refractivity contribution is 5.68. The zero-order chi connectivity index (χ0) is 16.8. The van der Waals surface area contributed by atoms with E-state index in [1.165, 1.54) is 27.8 Å². The van der Waals surface area contributed by atoms with E-state index in [2.05, 4.69) is 66.1 Å². The Hall–Kier alpha value is -2.58. The van der Waals surface area contributed by atoms with Gasteiger partial charge in [0, 0.05) is 19.1 Å². The van der Waals surface area contributed by atoms with E-state index in [0.29, 0.717) is 12.0 Å². The van der Waals surface area contributed by atoms with Crippen LogP contribution in [0.2, 0.25) is 0 Å². The molecule has 2 aliphatic rings. The fourth-order valence-electron chi connectivity index (χ4n) is 4.50. The van der Waals surface area contributed by atoms with Gasteiger partial charge in [-0.2, -0.15) is 0 Å². The topological polar surface area (TPSA) is 16.4 Å². The van der Waals surface area contributed by atoms with Gasteiger partial charge in [0.05, 0.1) is 12.2 Å². The van der Waals surface area contributed by atoms with Crippen molar-refractivity contribution in [2.75, 3.05) is 6.54 Å². The van der Waals surface area contributed by atoms with E-state index in [-0.39, 0.29) is 0 Å². The third kappa shape index (κ3) is 2.37. The van der Waals surface area contributed by atoms with E-state index in [9.17, 15) is 0 Å². The van der Waals surface area contributed by atoms with Crippen molar-refractivity contribution in [1.29, 1.82) is 0 Å². The maximum atomic E-state index is 5.79. The molecule has 1 aromatic heterocycles. The van der Waals surface area contributed by atoms with E-state index in [1.54, 1.807) is 6.26 Å². The Morgan fingerprint density at radius 1 is 0.920 bits per heavy atom. The normalized spacial score (nSPS) is 22.6. The minimum absolute atomic E-state index is 0.293. The van der Waals surface area contributed by atoms with Crippen LogP contribution in [-0.2, 0) is 6.54 Å². The monoisotopic (exact) mass is 327 g/mol. The van der Waals surface area contributed by atoms with Gasteiger partial charge in [-0.1, -0.05) is 55.1 Å². The molecule has 5 rings (SSSR count). The van der Waals surface area contributed by atoms with Crippen LogP contribution in [0.25, 0.3) is 5.57 Å². The van der Waals surface area contributed by atoms with Crippen LogP contribution in [0.1, 0.15) is 46.4 Å². The van der Waals surface area contributed by atoms with Crippen LogP contribution < -0.4 is 0 Å². The highest BCUT2D eigenvalue weighted by Gasteiger charge is 2.36. The van der Waals surface area contributed by atoms with Crippen LogP contribution in [0, 0.1) is 0 Å². The summed E-state index contributed by atoms with van der Waals surface area (Å²) in [4.78, 5) is 2.60. The Balaban J connectivity index is 1.64. The molecule has 0 N–H and O–H groups in total. The van der Waals surface area contributed by atoms with Gasteiger partial charge in [-0.15, -0.1) is 0 Å². The second-order valence-electron chi connectivity index (χ2n) is 7.11. The van der Waals surface area contributed by atoms with Gasteiger partial charge in [-0.25, -0.2) is 0 Å². The quantitative estimate of drug-likeness (QED) is 0.596. The summed E-state index contributed by atoms with van der Waals surface area (Å²) in [7, 11) is 0. The maximum Gasteiger partial charge on any atom is 0.112 e. The number of nitrogens with zero attached hydrogens (tertiary/aromatic N) is 1. The maximum absolute atomic E-state index is 5.79. The van der Waals surface area contributed by atoms with Crippen molar-refractivity contribution in [3.05, 3.63) is 102 Å². The molecule has 0 saturated carbocycles. The number of benzene rings is 2. The van der Waals surface area contributed by atoms with E-state index in [0.717, 1.165) is 25.3 Å². The molecule has 0 spiro atoms. The number of hydrogen-bond acceptors (Lipinski definition) is 2. The Labute approximate surface area is 148 Å². The minimum Gasteiger partial charge on any atom is -0.469 e. The van der Waals surface area contributed by atoms with Crippen molar-refractivity contribution in [2.24, 2.45) is 0 Å². The molecule has 2 atom stereocenters. The van der Waals surface area contributed by atoms with Gasteiger partial charge in [0.15, 0.2) is 0 Å². The molecule has 2 aromatic carbocycles. The molecule has 0 unspecified atom stereocenters. The molecule has 0 radical (unpaired) electrons. The lowest BCUT2D eigenvalue weighted by molar-refractivity contribution is 0.166. The van der Waals surface area contributed by atoms with Gasteiger partial charge in [0.2, 0.25) is 0 Å². The SMILES string of the molecule is C=C1C[C@H]2c3ccccc3[C@H](c3ccco3)CN2Cc2ccccc21. The molecular formula is C23H21NO. The van der Waals surface area contributed by atoms with Gasteiger partial charge in [0.1, 0.15) is 5.76 Å². The van der Waals surface area contributed by atoms with Crippen LogP contribution >= 0.6 is 0 Å². The predicted octanol–water partition coefficient (Wildman–Crippen LogP) is 5.39. The van der Waals surface area contributed by atoms with Crippen LogP contribution in [0.4, 0.5) is 0 Å². The average Bonchev–Trinajstić information content (AvgIpc) is 3.13. The number of furan rings is 1. The molecule has 3 heterocycles. The number of fused-ring (bicyclic) bond motifs is 4.